The molecular weight excluding hydrogens is 791 g/mol. The molecule has 0 saturated carbocycles. The van der Waals surface area contributed by atoms with Gasteiger partial charge in [-0.05, 0) is 64.2 Å². The van der Waals surface area contributed by atoms with E-state index in [9.17, 15) is 19.8 Å². The number of carbonyl (C=O) groups is 2. The van der Waals surface area contributed by atoms with Gasteiger partial charge in [0, 0.05) is 12.8 Å². The van der Waals surface area contributed by atoms with E-state index in [1.165, 1.54) is 218 Å². The van der Waals surface area contributed by atoms with Gasteiger partial charge in [-0.15, -0.1) is 0 Å². The molecule has 0 aliphatic carbocycles. The van der Waals surface area contributed by atoms with Gasteiger partial charge < -0.3 is 20.3 Å². The Morgan fingerprint density at radius 2 is 0.781 bits per heavy atom. The van der Waals surface area contributed by atoms with Crippen LogP contribution in [0.25, 0.3) is 0 Å². The van der Waals surface area contributed by atoms with E-state index in [1.54, 1.807) is 6.08 Å². The Hall–Kier alpha value is -1.92. The van der Waals surface area contributed by atoms with Crippen LogP contribution >= 0.6 is 0 Å². The lowest BCUT2D eigenvalue weighted by Crippen LogP contribution is -2.45. The Balaban J connectivity index is 3.37. The van der Waals surface area contributed by atoms with Crippen molar-refractivity contribution in [2.24, 2.45) is 0 Å². The van der Waals surface area contributed by atoms with Crippen molar-refractivity contribution in [2.45, 2.75) is 309 Å². The quantitative estimate of drug-likeness (QED) is 0.0321. The minimum atomic E-state index is -0.843. The van der Waals surface area contributed by atoms with Crippen LogP contribution < -0.4 is 5.32 Å². The normalized spacial score (nSPS) is 12.9. The molecule has 0 aromatic heterocycles. The van der Waals surface area contributed by atoms with E-state index < -0.39 is 12.1 Å². The Labute approximate surface area is 398 Å². The molecule has 376 valence electrons. The van der Waals surface area contributed by atoms with Crippen LogP contribution in [0.15, 0.2) is 36.5 Å². The highest BCUT2D eigenvalue weighted by atomic mass is 16.5. The number of allylic oxidation sites excluding steroid dienone is 5. The van der Waals surface area contributed by atoms with Crippen LogP contribution in [0.2, 0.25) is 0 Å². The summed E-state index contributed by atoms with van der Waals surface area (Å²) in [5.74, 6) is -0.0688. The summed E-state index contributed by atoms with van der Waals surface area (Å²) in [5, 5.41) is 22.9. The van der Waals surface area contributed by atoms with Crippen LogP contribution in [0.5, 0.6) is 0 Å². The summed E-state index contributed by atoms with van der Waals surface area (Å²) in [6.07, 6.45) is 66.0. The minimum absolute atomic E-state index is 0.00310. The van der Waals surface area contributed by atoms with E-state index in [-0.39, 0.29) is 18.5 Å². The fourth-order valence-corrected chi connectivity index (χ4v) is 8.55. The zero-order valence-corrected chi connectivity index (χ0v) is 42.8. The first-order valence-electron chi connectivity index (χ1n) is 28.3. The number of nitrogens with one attached hydrogen (secondary N) is 1. The number of amides is 1. The maximum atomic E-state index is 12.4. The van der Waals surface area contributed by atoms with Crippen LogP contribution in [0.3, 0.4) is 0 Å². The summed E-state index contributed by atoms with van der Waals surface area (Å²) in [6, 6.07) is -0.626. The smallest absolute Gasteiger partial charge is 0.305 e. The average molecular weight is 901 g/mol. The largest absolute Gasteiger partial charge is 0.466 e. The molecule has 64 heavy (non-hydrogen) atoms. The van der Waals surface area contributed by atoms with Crippen molar-refractivity contribution < 1.29 is 24.5 Å². The molecule has 2 unspecified atom stereocenters. The summed E-state index contributed by atoms with van der Waals surface area (Å²) in [6.45, 7) is 4.85. The van der Waals surface area contributed by atoms with Gasteiger partial charge in [-0.3, -0.25) is 9.59 Å². The highest BCUT2D eigenvalue weighted by Crippen LogP contribution is 2.17. The Morgan fingerprint density at radius 3 is 1.22 bits per heavy atom. The molecule has 0 heterocycles. The highest BCUT2D eigenvalue weighted by Gasteiger charge is 2.18. The summed E-state index contributed by atoms with van der Waals surface area (Å²) >= 11 is 0. The van der Waals surface area contributed by atoms with Gasteiger partial charge in [0.1, 0.15) is 0 Å². The molecule has 0 saturated heterocycles. The van der Waals surface area contributed by atoms with Gasteiger partial charge in [0.05, 0.1) is 25.4 Å². The van der Waals surface area contributed by atoms with Gasteiger partial charge in [-0.1, -0.05) is 256 Å². The summed E-state index contributed by atoms with van der Waals surface area (Å²) in [7, 11) is 0. The van der Waals surface area contributed by atoms with Crippen LogP contribution in [-0.4, -0.2) is 47.4 Å². The molecular formula is C58H109NO5. The number of carbonyl (C=O) groups excluding carboxylic acids is 2. The van der Waals surface area contributed by atoms with Crippen LogP contribution in [0.4, 0.5) is 0 Å². The number of ether oxygens (including phenoxy) is 1. The van der Waals surface area contributed by atoms with E-state index in [4.69, 9.17) is 4.74 Å². The fourth-order valence-electron chi connectivity index (χ4n) is 8.55. The summed E-state index contributed by atoms with van der Waals surface area (Å²) in [4.78, 5) is 24.4. The molecule has 0 aromatic rings. The number of unbranched alkanes of at least 4 members (excludes halogenated alkanes) is 37. The van der Waals surface area contributed by atoms with E-state index in [0.29, 0.717) is 19.4 Å². The first-order valence-corrected chi connectivity index (χ1v) is 28.3. The minimum Gasteiger partial charge on any atom is -0.466 e. The number of aliphatic hydroxyl groups is 2. The number of esters is 1. The van der Waals surface area contributed by atoms with Gasteiger partial charge in [0.15, 0.2) is 0 Å². The monoisotopic (exact) mass is 900 g/mol. The molecule has 0 bridgehead atoms. The van der Waals surface area contributed by atoms with Crippen molar-refractivity contribution in [3.8, 4) is 0 Å². The highest BCUT2D eigenvalue weighted by molar-refractivity contribution is 5.76. The third-order valence-corrected chi connectivity index (χ3v) is 12.9. The molecule has 0 rings (SSSR count). The number of hydrogen-bond acceptors (Lipinski definition) is 5. The Morgan fingerprint density at radius 1 is 0.438 bits per heavy atom. The maximum absolute atomic E-state index is 12.4. The lowest BCUT2D eigenvalue weighted by molar-refractivity contribution is -0.143. The van der Waals surface area contributed by atoms with Gasteiger partial charge in [-0.2, -0.15) is 0 Å². The molecule has 3 N–H and O–H groups in total. The molecule has 0 aliphatic heterocycles. The lowest BCUT2D eigenvalue weighted by atomic mass is 10.0. The molecule has 6 nitrogen and oxygen atoms in total. The molecule has 0 aliphatic rings. The lowest BCUT2D eigenvalue weighted by Gasteiger charge is -2.20. The summed E-state index contributed by atoms with van der Waals surface area (Å²) in [5.41, 5.74) is 0. The predicted octanol–water partition coefficient (Wildman–Crippen LogP) is 17.2. The molecule has 0 aromatic carbocycles. The zero-order valence-electron chi connectivity index (χ0n) is 42.8. The van der Waals surface area contributed by atoms with Crippen molar-refractivity contribution >= 4 is 11.9 Å². The van der Waals surface area contributed by atoms with E-state index in [0.717, 1.165) is 51.4 Å². The SMILES string of the molecule is CCCCC/C=C\C/C=C\CCCCCCCCCC(=O)OCCCCCCCCCCCCCCCCCCCCCCCC(=O)NC(CO)C(O)/C=C/CCCCCCCCC. The van der Waals surface area contributed by atoms with Crippen LogP contribution in [0.1, 0.15) is 296 Å². The van der Waals surface area contributed by atoms with Crippen molar-refractivity contribution in [2.75, 3.05) is 13.2 Å². The predicted molar refractivity (Wildman–Crippen MR) is 278 cm³/mol. The van der Waals surface area contributed by atoms with Crippen LogP contribution in [0, 0.1) is 0 Å². The molecule has 0 fully saturated rings. The maximum Gasteiger partial charge on any atom is 0.305 e. The standard InChI is InChI=1S/C58H109NO5/c1-3-5-7-9-11-13-14-15-16-22-26-29-32-36-40-44-48-52-58(63)64-53-49-45-41-37-33-30-27-24-21-19-17-18-20-23-25-28-31-35-39-43-47-51-57(62)59-55(54-60)56(61)50-46-42-38-34-12-10-8-6-4-2/h11,13,15-16,46,50,55-56,60-61H,3-10,12,14,17-45,47-49,51-54H2,1-2H3,(H,59,62)/b13-11-,16-15-,50-46+. The second-order valence-corrected chi connectivity index (χ2v) is 19.3. The van der Waals surface area contributed by atoms with E-state index >= 15 is 0 Å². The van der Waals surface area contributed by atoms with Crippen molar-refractivity contribution in [3.05, 3.63) is 36.5 Å². The van der Waals surface area contributed by atoms with E-state index in [1.807, 2.05) is 6.08 Å². The third kappa shape index (κ3) is 49.5. The third-order valence-electron chi connectivity index (χ3n) is 12.9. The Bertz CT molecular complexity index is 1040. The molecule has 1 amide bonds. The van der Waals surface area contributed by atoms with Crippen molar-refractivity contribution in [1.82, 2.24) is 5.32 Å². The van der Waals surface area contributed by atoms with Crippen LogP contribution in [-0.2, 0) is 14.3 Å². The Kier molecular flexibility index (Phi) is 52.1. The average Bonchev–Trinajstić information content (AvgIpc) is 3.29. The van der Waals surface area contributed by atoms with Gasteiger partial charge in [-0.25, -0.2) is 0 Å². The second-order valence-electron chi connectivity index (χ2n) is 19.3. The van der Waals surface area contributed by atoms with E-state index in [2.05, 4.69) is 43.5 Å². The van der Waals surface area contributed by atoms with Crippen molar-refractivity contribution in [1.29, 1.82) is 0 Å². The van der Waals surface area contributed by atoms with Gasteiger partial charge >= 0.3 is 5.97 Å². The molecule has 0 radical (unpaired) electrons. The summed E-state index contributed by atoms with van der Waals surface area (Å²) < 4.78 is 5.48. The number of aliphatic hydroxyl groups excluding tert-OH is 2. The molecule has 2 atom stereocenters. The fraction of sp³-hybridized carbons (Fsp3) is 0.862. The topological polar surface area (TPSA) is 95.9 Å². The van der Waals surface area contributed by atoms with Gasteiger partial charge in [0.2, 0.25) is 5.91 Å². The zero-order chi connectivity index (χ0) is 46.5. The number of rotatable bonds is 52. The first-order chi connectivity index (χ1) is 31.5. The van der Waals surface area contributed by atoms with Gasteiger partial charge in [0.25, 0.3) is 0 Å². The first kappa shape index (κ1) is 62.1. The number of hydrogen-bond donors (Lipinski definition) is 3. The molecule has 0 spiro atoms. The molecule has 6 heteroatoms. The second kappa shape index (κ2) is 53.7. The van der Waals surface area contributed by atoms with Crippen molar-refractivity contribution in [3.63, 3.8) is 0 Å².